The Balaban J connectivity index is 1.42. The Morgan fingerprint density at radius 1 is 1.16 bits per heavy atom. The second kappa shape index (κ2) is 8.60. The smallest absolute Gasteiger partial charge is 0.224 e. The first-order chi connectivity index (χ1) is 12.2. The monoisotopic (exact) mass is 373 g/mol. The van der Waals surface area contributed by atoms with Gasteiger partial charge in [-0.05, 0) is 47.8 Å². The molecular weight excluding hydrogens is 358 g/mol. The number of ether oxygens (including phenoxy) is 1. The van der Waals surface area contributed by atoms with Gasteiger partial charge in [0.15, 0.2) is 0 Å². The van der Waals surface area contributed by atoms with Crippen LogP contribution in [0.5, 0.6) is 5.75 Å². The van der Waals surface area contributed by atoms with Crippen LogP contribution in [0.15, 0.2) is 54.7 Å². The van der Waals surface area contributed by atoms with E-state index in [1.807, 2.05) is 42.5 Å². The third-order valence-electron chi connectivity index (χ3n) is 3.46. The van der Waals surface area contributed by atoms with Gasteiger partial charge in [-0.1, -0.05) is 40.4 Å². The number of benzene rings is 2. The molecule has 0 fully saturated rings. The normalized spacial score (nSPS) is 10.4. The largest absolute Gasteiger partial charge is 0.492 e. The molecule has 1 amide bonds. The van der Waals surface area contributed by atoms with Gasteiger partial charge in [0.05, 0.1) is 22.7 Å². The van der Waals surface area contributed by atoms with Gasteiger partial charge in [0, 0.05) is 12.1 Å². The third-order valence-corrected chi connectivity index (χ3v) is 4.48. The number of carbonyl (C=O) groups is 1. The fourth-order valence-corrected chi connectivity index (χ4v) is 2.92. The molecule has 128 valence electrons. The summed E-state index contributed by atoms with van der Waals surface area (Å²) in [5.74, 6) is 0.590. The molecule has 7 heteroatoms. The zero-order chi connectivity index (χ0) is 17.5. The van der Waals surface area contributed by atoms with E-state index in [0.717, 1.165) is 16.1 Å². The summed E-state index contributed by atoms with van der Waals surface area (Å²) in [7, 11) is 0. The molecule has 3 aromatic rings. The highest BCUT2D eigenvalue weighted by Crippen LogP contribution is 2.24. The molecule has 0 aliphatic heterocycles. The van der Waals surface area contributed by atoms with E-state index < -0.39 is 0 Å². The molecule has 5 nitrogen and oxygen atoms in total. The van der Waals surface area contributed by atoms with Gasteiger partial charge in [0.25, 0.3) is 0 Å². The van der Waals surface area contributed by atoms with Gasteiger partial charge in [-0.25, -0.2) is 0 Å². The van der Waals surface area contributed by atoms with Crippen LogP contribution < -0.4 is 10.1 Å². The summed E-state index contributed by atoms with van der Waals surface area (Å²) < 4.78 is 9.41. The molecule has 3 rings (SSSR count). The average Bonchev–Trinajstić information content (AvgIpc) is 3.15. The Labute approximate surface area is 154 Å². The predicted octanol–water partition coefficient (Wildman–Crippen LogP) is 4.66. The van der Waals surface area contributed by atoms with Gasteiger partial charge in [-0.3, -0.25) is 4.79 Å². The van der Waals surface area contributed by atoms with Crippen LogP contribution in [-0.2, 0) is 4.79 Å². The Hall–Kier alpha value is -2.44. The third kappa shape index (κ3) is 5.01. The number of aromatic nitrogens is 2. The summed E-state index contributed by atoms with van der Waals surface area (Å²) in [5.41, 5.74) is 1.79. The number of hydrogen-bond acceptors (Lipinski definition) is 5. The maximum atomic E-state index is 12.0. The van der Waals surface area contributed by atoms with Crippen molar-refractivity contribution in [3.8, 4) is 16.2 Å². The fourth-order valence-electron chi connectivity index (χ4n) is 2.21. The van der Waals surface area contributed by atoms with E-state index in [9.17, 15) is 4.79 Å². The highest BCUT2D eigenvalue weighted by molar-refractivity contribution is 7.09. The van der Waals surface area contributed by atoms with Crippen molar-refractivity contribution in [1.29, 1.82) is 0 Å². The Bertz CT molecular complexity index is 823. The van der Waals surface area contributed by atoms with E-state index in [1.165, 1.54) is 11.5 Å². The first-order valence-electron chi connectivity index (χ1n) is 7.77. The summed E-state index contributed by atoms with van der Waals surface area (Å²) in [6.45, 7) is 0.439. The Morgan fingerprint density at radius 3 is 2.68 bits per heavy atom. The van der Waals surface area contributed by atoms with Gasteiger partial charge in [-0.2, -0.15) is 0 Å². The average molecular weight is 374 g/mol. The summed E-state index contributed by atoms with van der Waals surface area (Å²) >= 11 is 7.35. The molecular formula is C18H16ClN3O2S. The molecule has 0 aliphatic rings. The molecule has 1 heterocycles. The van der Waals surface area contributed by atoms with E-state index in [1.54, 1.807) is 12.3 Å². The number of hydrogen-bond donors (Lipinski definition) is 1. The van der Waals surface area contributed by atoms with Gasteiger partial charge in [-0.15, -0.1) is 5.10 Å². The maximum absolute atomic E-state index is 12.0. The molecule has 0 spiro atoms. The SMILES string of the molecule is O=C(CCCOc1ccccc1Cl)Nc1ccc(-c2cnns2)cc1. The molecule has 1 N–H and O–H groups in total. The zero-order valence-corrected chi connectivity index (χ0v) is 14.9. The molecule has 0 radical (unpaired) electrons. The van der Waals surface area contributed by atoms with Crippen molar-refractivity contribution >= 4 is 34.7 Å². The number of anilines is 1. The summed E-state index contributed by atoms with van der Waals surface area (Å²) in [4.78, 5) is 13.0. The first-order valence-corrected chi connectivity index (χ1v) is 8.92. The topological polar surface area (TPSA) is 64.1 Å². The molecule has 0 atom stereocenters. The Kier molecular flexibility index (Phi) is 5.98. The number of halogens is 1. The molecule has 1 aromatic heterocycles. The van der Waals surface area contributed by atoms with Crippen molar-refractivity contribution in [2.24, 2.45) is 0 Å². The van der Waals surface area contributed by atoms with Gasteiger partial charge in [0.2, 0.25) is 5.91 Å². The summed E-state index contributed by atoms with van der Waals surface area (Å²) in [6, 6.07) is 14.9. The van der Waals surface area contributed by atoms with Crippen LogP contribution in [0.25, 0.3) is 10.4 Å². The van der Waals surface area contributed by atoms with Crippen LogP contribution in [0.4, 0.5) is 5.69 Å². The molecule has 0 saturated carbocycles. The summed E-state index contributed by atoms with van der Waals surface area (Å²) in [5, 5.41) is 7.27. The highest BCUT2D eigenvalue weighted by atomic mass is 35.5. The minimum absolute atomic E-state index is 0.0463. The molecule has 0 aliphatic carbocycles. The minimum atomic E-state index is -0.0463. The minimum Gasteiger partial charge on any atom is -0.492 e. The number of para-hydroxylation sites is 1. The lowest BCUT2D eigenvalue weighted by molar-refractivity contribution is -0.116. The molecule has 25 heavy (non-hydrogen) atoms. The number of carbonyl (C=O) groups excluding carboxylic acids is 1. The molecule has 0 saturated heterocycles. The lowest BCUT2D eigenvalue weighted by Gasteiger charge is -2.08. The fraction of sp³-hybridized carbons (Fsp3) is 0.167. The van der Waals surface area contributed by atoms with Crippen LogP contribution >= 0.6 is 23.1 Å². The van der Waals surface area contributed by atoms with Crippen LogP contribution in [0, 0.1) is 0 Å². The van der Waals surface area contributed by atoms with Crippen molar-refractivity contribution in [3.63, 3.8) is 0 Å². The Morgan fingerprint density at radius 2 is 1.96 bits per heavy atom. The van der Waals surface area contributed by atoms with E-state index in [4.69, 9.17) is 16.3 Å². The lowest BCUT2D eigenvalue weighted by atomic mass is 10.2. The van der Waals surface area contributed by atoms with E-state index in [-0.39, 0.29) is 5.91 Å². The van der Waals surface area contributed by atoms with E-state index >= 15 is 0 Å². The number of rotatable bonds is 7. The van der Waals surface area contributed by atoms with Crippen LogP contribution in [0.2, 0.25) is 5.02 Å². The predicted molar refractivity (Wildman–Crippen MR) is 100 cm³/mol. The van der Waals surface area contributed by atoms with Gasteiger partial charge >= 0.3 is 0 Å². The van der Waals surface area contributed by atoms with Crippen molar-refractivity contribution in [2.75, 3.05) is 11.9 Å². The number of amides is 1. The van der Waals surface area contributed by atoms with E-state index in [0.29, 0.717) is 30.2 Å². The first kappa shape index (κ1) is 17.4. The van der Waals surface area contributed by atoms with Crippen molar-refractivity contribution in [1.82, 2.24) is 9.59 Å². The quantitative estimate of drug-likeness (QED) is 0.612. The number of nitrogens with one attached hydrogen (secondary N) is 1. The highest BCUT2D eigenvalue weighted by Gasteiger charge is 2.05. The van der Waals surface area contributed by atoms with Crippen LogP contribution in [-0.4, -0.2) is 22.1 Å². The van der Waals surface area contributed by atoms with Crippen LogP contribution in [0.1, 0.15) is 12.8 Å². The van der Waals surface area contributed by atoms with Gasteiger partial charge < -0.3 is 10.1 Å². The second-order valence-corrected chi connectivity index (χ2v) is 6.48. The maximum Gasteiger partial charge on any atom is 0.224 e. The molecule has 2 aromatic carbocycles. The molecule has 0 bridgehead atoms. The molecule has 0 unspecified atom stereocenters. The second-order valence-electron chi connectivity index (χ2n) is 5.29. The summed E-state index contributed by atoms with van der Waals surface area (Å²) in [6.07, 6.45) is 2.71. The number of nitrogens with zero attached hydrogens (tertiary/aromatic N) is 2. The zero-order valence-electron chi connectivity index (χ0n) is 13.3. The lowest BCUT2D eigenvalue weighted by Crippen LogP contribution is -2.12. The van der Waals surface area contributed by atoms with Crippen molar-refractivity contribution in [2.45, 2.75) is 12.8 Å². The van der Waals surface area contributed by atoms with E-state index in [2.05, 4.69) is 14.9 Å². The van der Waals surface area contributed by atoms with Crippen LogP contribution in [0.3, 0.4) is 0 Å². The standard InChI is InChI=1S/C18H16ClN3O2S/c19-15-4-1-2-5-16(15)24-11-3-6-18(23)21-14-9-7-13(8-10-14)17-12-20-22-25-17/h1-2,4-5,7-10,12H,3,6,11H2,(H,21,23). The van der Waals surface area contributed by atoms with Crippen molar-refractivity contribution < 1.29 is 9.53 Å². The van der Waals surface area contributed by atoms with Crippen molar-refractivity contribution in [3.05, 3.63) is 59.8 Å². The van der Waals surface area contributed by atoms with Gasteiger partial charge in [0.1, 0.15) is 5.75 Å².